The molecular weight excluding hydrogens is 354 g/mol. The fraction of sp³-hybridized carbons (Fsp3) is 0.500. The number of amides is 1. The van der Waals surface area contributed by atoms with Crippen molar-refractivity contribution in [1.82, 2.24) is 15.1 Å². The Bertz CT molecular complexity index is 742. The molecule has 0 N–H and O–H groups in total. The summed E-state index contributed by atoms with van der Waals surface area (Å²) in [4.78, 5) is 14.4. The second kappa shape index (κ2) is 8.44. The lowest BCUT2D eigenvalue weighted by Gasteiger charge is -2.33. The third-order valence-electron chi connectivity index (χ3n) is 4.49. The summed E-state index contributed by atoms with van der Waals surface area (Å²) >= 11 is 1.25. The number of carbonyl (C=O) groups is 1. The Morgan fingerprint density at radius 3 is 2.65 bits per heavy atom. The van der Waals surface area contributed by atoms with Crippen molar-refractivity contribution in [3.63, 3.8) is 0 Å². The van der Waals surface area contributed by atoms with E-state index >= 15 is 0 Å². The van der Waals surface area contributed by atoms with Crippen molar-refractivity contribution in [2.45, 2.75) is 37.5 Å². The van der Waals surface area contributed by atoms with E-state index in [9.17, 15) is 4.79 Å². The van der Waals surface area contributed by atoms with Gasteiger partial charge in [0.25, 0.3) is 11.1 Å². The van der Waals surface area contributed by atoms with Gasteiger partial charge in [-0.25, -0.2) is 0 Å². The summed E-state index contributed by atoms with van der Waals surface area (Å²) in [5, 5.41) is 8.48. The maximum absolute atomic E-state index is 12.4. The molecule has 1 unspecified atom stereocenters. The molecule has 8 heteroatoms. The van der Waals surface area contributed by atoms with Gasteiger partial charge >= 0.3 is 0 Å². The van der Waals surface area contributed by atoms with Gasteiger partial charge in [0, 0.05) is 12.6 Å². The summed E-state index contributed by atoms with van der Waals surface area (Å²) < 4.78 is 16.5. The molecule has 2 aromatic rings. The largest absolute Gasteiger partial charge is 0.496 e. The summed E-state index contributed by atoms with van der Waals surface area (Å²) in [6, 6.07) is 5.73. The second-order valence-corrected chi connectivity index (χ2v) is 7.06. The van der Waals surface area contributed by atoms with Crippen molar-refractivity contribution in [1.29, 1.82) is 0 Å². The highest BCUT2D eigenvalue weighted by Crippen LogP contribution is 2.38. The van der Waals surface area contributed by atoms with Crippen molar-refractivity contribution in [2.75, 3.05) is 26.5 Å². The van der Waals surface area contributed by atoms with Crippen LogP contribution in [0.25, 0.3) is 11.5 Å². The first-order valence-electron chi connectivity index (χ1n) is 8.61. The monoisotopic (exact) mass is 377 g/mol. The Morgan fingerprint density at radius 2 is 2.00 bits per heavy atom. The Kier molecular flexibility index (Phi) is 6.03. The van der Waals surface area contributed by atoms with Gasteiger partial charge < -0.3 is 18.8 Å². The minimum atomic E-state index is 0.108. The van der Waals surface area contributed by atoms with Crippen molar-refractivity contribution in [3.8, 4) is 23.0 Å². The first-order valence-corrected chi connectivity index (χ1v) is 9.59. The van der Waals surface area contributed by atoms with Gasteiger partial charge in [-0.3, -0.25) is 4.79 Å². The number of carbonyl (C=O) groups excluding carboxylic acids is 1. The van der Waals surface area contributed by atoms with Gasteiger partial charge in [0.1, 0.15) is 17.1 Å². The molecule has 1 fully saturated rings. The fourth-order valence-corrected chi connectivity index (χ4v) is 3.76. The summed E-state index contributed by atoms with van der Waals surface area (Å²) in [7, 11) is 3.14. The van der Waals surface area contributed by atoms with Crippen molar-refractivity contribution < 1.29 is 18.7 Å². The highest BCUT2D eigenvalue weighted by molar-refractivity contribution is 7.99. The fourth-order valence-electron chi connectivity index (χ4n) is 3.11. The number of benzene rings is 1. The third kappa shape index (κ3) is 3.95. The van der Waals surface area contributed by atoms with E-state index in [1.54, 1.807) is 26.4 Å². The molecule has 1 aliphatic heterocycles. The van der Waals surface area contributed by atoms with Crippen molar-refractivity contribution >= 4 is 17.7 Å². The lowest BCUT2D eigenvalue weighted by atomic mass is 10.0. The van der Waals surface area contributed by atoms with Crippen LogP contribution in [0, 0.1) is 0 Å². The molecule has 1 aromatic heterocycles. The molecule has 0 radical (unpaired) electrons. The summed E-state index contributed by atoms with van der Waals surface area (Å²) in [5.41, 5.74) is 0.604. The number of hydrogen-bond acceptors (Lipinski definition) is 7. The number of likely N-dealkylation sites (tertiary alicyclic amines) is 1. The number of nitrogens with zero attached hydrogens (tertiary/aromatic N) is 3. The van der Waals surface area contributed by atoms with E-state index in [0.717, 1.165) is 19.4 Å². The zero-order valence-electron chi connectivity index (χ0n) is 15.2. The molecule has 140 valence electrons. The quantitative estimate of drug-likeness (QED) is 0.715. The molecule has 1 aromatic carbocycles. The number of piperidine rings is 1. The van der Waals surface area contributed by atoms with Crippen LogP contribution in [0.2, 0.25) is 0 Å². The predicted molar refractivity (Wildman–Crippen MR) is 98.6 cm³/mol. The molecule has 0 spiro atoms. The average molecular weight is 377 g/mol. The van der Waals surface area contributed by atoms with Crippen molar-refractivity contribution in [3.05, 3.63) is 18.2 Å². The van der Waals surface area contributed by atoms with E-state index in [4.69, 9.17) is 13.9 Å². The maximum Gasteiger partial charge on any atom is 0.277 e. The number of rotatable bonds is 6. The molecule has 1 aliphatic rings. The Labute approximate surface area is 157 Å². The van der Waals surface area contributed by atoms with Crippen LogP contribution < -0.4 is 9.47 Å². The highest BCUT2D eigenvalue weighted by Gasteiger charge is 2.24. The highest BCUT2D eigenvalue weighted by atomic mass is 32.2. The number of aromatic nitrogens is 2. The van der Waals surface area contributed by atoms with Crippen LogP contribution in [0.4, 0.5) is 0 Å². The molecule has 1 amide bonds. The molecule has 0 saturated carbocycles. The average Bonchev–Trinajstić information content (AvgIpc) is 3.14. The molecule has 0 bridgehead atoms. The van der Waals surface area contributed by atoms with Crippen LogP contribution in [-0.4, -0.2) is 53.6 Å². The Balaban J connectivity index is 1.70. The molecule has 1 saturated heterocycles. The van der Waals surface area contributed by atoms with E-state index in [1.807, 2.05) is 11.0 Å². The van der Waals surface area contributed by atoms with E-state index in [1.165, 1.54) is 18.2 Å². The van der Waals surface area contributed by atoms with E-state index in [0.29, 0.717) is 34.2 Å². The standard InChI is InChI=1S/C18H23N3O4S/c1-12-7-4-5-10-21(12)15(22)11-26-18-20-19-17(25-18)16-13(23-2)8-6-9-14(16)24-3/h6,8-9,12H,4-5,7,10-11H2,1-3H3. The summed E-state index contributed by atoms with van der Waals surface area (Å²) in [6.07, 6.45) is 3.32. The maximum atomic E-state index is 12.4. The van der Waals surface area contributed by atoms with Crippen LogP contribution in [0.1, 0.15) is 26.2 Å². The van der Waals surface area contributed by atoms with Crippen LogP contribution in [0.15, 0.2) is 27.8 Å². The molecule has 0 aliphatic carbocycles. The van der Waals surface area contributed by atoms with Gasteiger partial charge in [-0.15, -0.1) is 10.2 Å². The summed E-state index contributed by atoms with van der Waals surface area (Å²) in [5.74, 6) is 1.87. The number of hydrogen-bond donors (Lipinski definition) is 0. The van der Waals surface area contributed by atoms with Crippen LogP contribution in [0.3, 0.4) is 0 Å². The summed E-state index contributed by atoms with van der Waals surface area (Å²) in [6.45, 7) is 2.93. The lowest BCUT2D eigenvalue weighted by molar-refractivity contribution is -0.131. The SMILES string of the molecule is COc1cccc(OC)c1-c1nnc(SCC(=O)N2CCCCC2C)o1. The molecule has 2 heterocycles. The lowest BCUT2D eigenvalue weighted by Crippen LogP contribution is -2.42. The van der Waals surface area contributed by atoms with E-state index < -0.39 is 0 Å². The molecule has 26 heavy (non-hydrogen) atoms. The number of thioether (sulfide) groups is 1. The minimum absolute atomic E-state index is 0.108. The van der Waals surface area contributed by atoms with Gasteiger partial charge in [0.05, 0.1) is 20.0 Å². The third-order valence-corrected chi connectivity index (χ3v) is 5.29. The molecule has 3 rings (SSSR count). The zero-order valence-corrected chi connectivity index (χ0v) is 16.0. The van der Waals surface area contributed by atoms with Crippen LogP contribution in [-0.2, 0) is 4.79 Å². The van der Waals surface area contributed by atoms with Gasteiger partial charge in [-0.1, -0.05) is 17.8 Å². The first-order chi connectivity index (χ1) is 12.6. The minimum Gasteiger partial charge on any atom is -0.496 e. The van der Waals surface area contributed by atoms with Gasteiger partial charge in [-0.05, 0) is 38.3 Å². The molecular formula is C18H23N3O4S. The topological polar surface area (TPSA) is 77.7 Å². The van der Waals surface area contributed by atoms with Gasteiger partial charge in [-0.2, -0.15) is 0 Å². The smallest absolute Gasteiger partial charge is 0.277 e. The second-order valence-electron chi connectivity index (χ2n) is 6.13. The predicted octanol–water partition coefficient (Wildman–Crippen LogP) is 3.25. The van der Waals surface area contributed by atoms with Crippen LogP contribution in [0.5, 0.6) is 11.5 Å². The Hall–Kier alpha value is -2.22. The Morgan fingerprint density at radius 1 is 1.27 bits per heavy atom. The number of ether oxygens (including phenoxy) is 2. The normalized spacial score (nSPS) is 17.2. The van der Waals surface area contributed by atoms with E-state index in [2.05, 4.69) is 17.1 Å². The number of methoxy groups -OCH3 is 2. The molecule has 1 atom stereocenters. The van der Waals surface area contributed by atoms with Crippen molar-refractivity contribution in [2.24, 2.45) is 0 Å². The zero-order chi connectivity index (χ0) is 18.5. The van der Waals surface area contributed by atoms with Crippen LogP contribution >= 0.6 is 11.8 Å². The van der Waals surface area contributed by atoms with Gasteiger partial charge in [0.2, 0.25) is 5.91 Å². The molecule has 7 nitrogen and oxygen atoms in total. The first kappa shape index (κ1) is 18.6. The van der Waals surface area contributed by atoms with E-state index in [-0.39, 0.29) is 11.7 Å². The van der Waals surface area contributed by atoms with Gasteiger partial charge in [0.15, 0.2) is 0 Å².